The highest BCUT2D eigenvalue weighted by atomic mass is 32.2. The van der Waals surface area contributed by atoms with E-state index < -0.39 is 0 Å². The Kier molecular flexibility index (Phi) is 5.48. The van der Waals surface area contributed by atoms with Gasteiger partial charge in [0.2, 0.25) is 0 Å². The highest BCUT2D eigenvalue weighted by Crippen LogP contribution is 2.14. The molecule has 1 aromatic carbocycles. The lowest BCUT2D eigenvalue weighted by atomic mass is 10.2. The molecule has 1 aliphatic rings. The standard InChI is InChI=1S/C18H23N3S/c1-22-18-7-5-16(6-8-18)14-20-10-12-21(13-11-20)15-17-4-2-3-9-19-17/h2-9H,10-15H2,1H3/p+2. The van der Waals surface area contributed by atoms with Gasteiger partial charge in [0.25, 0.3) is 0 Å². The lowest BCUT2D eigenvalue weighted by Gasteiger charge is -2.29. The van der Waals surface area contributed by atoms with Crippen LogP contribution in [0.15, 0.2) is 53.6 Å². The van der Waals surface area contributed by atoms with E-state index >= 15 is 0 Å². The predicted molar refractivity (Wildman–Crippen MR) is 91.3 cm³/mol. The van der Waals surface area contributed by atoms with Crippen molar-refractivity contribution < 1.29 is 9.80 Å². The quantitative estimate of drug-likeness (QED) is 0.774. The van der Waals surface area contributed by atoms with Crippen LogP contribution in [0.1, 0.15) is 11.3 Å². The van der Waals surface area contributed by atoms with E-state index in [1.54, 1.807) is 9.80 Å². The Morgan fingerprint density at radius 1 is 0.909 bits per heavy atom. The molecule has 4 heteroatoms. The summed E-state index contributed by atoms with van der Waals surface area (Å²) in [7, 11) is 0. The van der Waals surface area contributed by atoms with Gasteiger partial charge in [-0.3, -0.25) is 4.98 Å². The molecule has 0 amide bonds. The molecule has 1 aliphatic heterocycles. The third-order valence-electron chi connectivity index (χ3n) is 4.43. The average molecular weight is 315 g/mol. The Morgan fingerprint density at radius 2 is 1.59 bits per heavy atom. The Labute approximate surface area is 137 Å². The van der Waals surface area contributed by atoms with Gasteiger partial charge in [-0.1, -0.05) is 18.2 Å². The number of quaternary nitrogens is 2. The molecule has 2 heterocycles. The van der Waals surface area contributed by atoms with Crippen LogP contribution in [0.3, 0.4) is 0 Å². The molecule has 0 atom stereocenters. The van der Waals surface area contributed by atoms with Crippen LogP contribution in [0, 0.1) is 0 Å². The Hall–Kier alpha value is -1.36. The van der Waals surface area contributed by atoms with Crippen molar-refractivity contribution in [2.45, 2.75) is 18.0 Å². The fraction of sp³-hybridized carbons (Fsp3) is 0.389. The second-order valence-corrected chi connectivity index (χ2v) is 6.90. The molecular weight excluding hydrogens is 290 g/mol. The van der Waals surface area contributed by atoms with E-state index in [1.807, 2.05) is 24.0 Å². The lowest BCUT2D eigenvalue weighted by molar-refractivity contribution is -1.02. The third-order valence-corrected chi connectivity index (χ3v) is 5.18. The predicted octanol–water partition coefficient (Wildman–Crippen LogP) is 0.287. The molecule has 0 saturated carbocycles. The molecule has 0 radical (unpaired) electrons. The first-order chi connectivity index (χ1) is 10.8. The summed E-state index contributed by atoms with van der Waals surface area (Å²) in [6.45, 7) is 7.23. The maximum atomic E-state index is 4.45. The van der Waals surface area contributed by atoms with Crippen LogP contribution in [-0.4, -0.2) is 37.4 Å². The summed E-state index contributed by atoms with van der Waals surface area (Å²) in [5.74, 6) is 0. The van der Waals surface area contributed by atoms with Crippen LogP contribution < -0.4 is 9.80 Å². The maximum Gasteiger partial charge on any atom is 0.127 e. The molecule has 0 unspecified atom stereocenters. The molecule has 3 nitrogen and oxygen atoms in total. The fourth-order valence-corrected chi connectivity index (χ4v) is 3.51. The zero-order valence-electron chi connectivity index (χ0n) is 13.2. The molecule has 2 N–H and O–H groups in total. The Bertz CT molecular complexity index is 563. The zero-order chi connectivity index (χ0) is 15.2. The van der Waals surface area contributed by atoms with E-state index in [2.05, 4.69) is 47.6 Å². The number of nitrogens with one attached hydrogen (secondary N) is 2. The van der Waals surface area contributed by atoms with Crippen LogP contribution >= 0.6 is 11.8 Å². The molecule has 0 aliphatic carbocycles. The number of piperazine rings is 1. The van der Waals surface area contributed by atoms with Crippen LogP contribution in [0.5, 0.6) is 0 Å². The molecule has 22 heavy (non-hydrogen) atoms. The molecule has 0 spiro atoms. The van der Waals surface area contributed by atoms with Crippen molar-refractivity contribution >= 4 is 11.8 Å². The van der Waals surface area contributed by atoms with Crippen LogP contribution in [-0.2, 0) is 13.1 Å². The van der Waals surface area contributed by atoms with Gasteiger partial charge >= 0.3 is 0 Å². The highest BCUT2D eigenvalue weighted by molar-refractivity contribution is 7.98. The number of hydrogen-bond acceptors (Lipinski definition) is 2. The van der Waals surface area contributed by atoms with E-state index in [0.717, 1.165) is 13.1 Å². The van der Waals surface area contributed by atoms with Crippen molar-refractivity contribution in [3.63, 3.8) is 0 Å². The lowest BCUT2D eigenvalue weighted by Crippen LogP contribution is -3.27. The van der Waals surface area contributed by atoms with Gasteiger partial charge in [-0.15, -0.1) is 11.8 Å². The minimum absolute atomic E-state index is 1.07. The summed E-state index contributed by atoms with van der Waals surface area (Å²) in [4.78, 5) is 9.17. The minimum atomic E-state index is 1.07. The minimum Gasteiger partial charge on any atom is -0.322 e. The summed E-state index contributed by atoms with van der Waals surface area (Å²) >= 11 is 1.81. The van der Waals surface area contributed by atoms with Crippen molar-refractivity contribution in [1.82, 2.24) is 4.98 Å². The van der Waals surface area contributed by atoms with Gasteiger partial charge in [0.1, 0.15) is 39.3 Å². The number of rotatable bonds is 5. The molecule has 116 valence electrons. The number of aromatic nitrogens is 1. The van der Waals surface area contributed by atoms with E-state index in [-0.39, 0.29) is 0 Å². The van der Waals surface area contributed by atoms with Gasteiger partial charge in [0, 0.05) is 16.7 Å². The van der Waals surface area contributed by atoms with Gasteiger partial charge in [-0.2, -0.15) is 0 Å². The number of thioether (sulfide) groups is 1. The SMILES string of the molecule is CSc1ccc(C[NH+]2CC[NH+](Cc3ccccn3)CC2)cc1. The van der Waals surface area contributed by atoms with Crippen LogP contribution in [0.2, 0.25) is 0 Å². The normalized spacial score (nSPS) is 21.7. The summed E-state index contributed by atoms with van der Waals surface area (Å²) in [6, 6.07) is 15.3. The summed E-state index contributed by atoms with van der Waals surface area (Å²) in [6.07, 6.45) is 4.03. The molecule has 3 rings (SSSR count). The van der Waals surface area contributed by atoms with Gasteiger partial charge in [0.05, 0.1) is 5.69 Å². The molecule has 0 bridgehead atoms. The van der Waals surface area contributed by atoms with Crippen molar-refractivity contribution in [2.75, 3.05) is 32.4 Å². The van der Waals surface area contributed by atoms with Crippen molar-refractivity contribution in [3.8, 4) is 0 Å². The number of benzene rings is 1. The second-order valence-electron chi connectivity index (χ2n) is 6.02. The fourth-order valence-electron chi connectivity index (χ4n) is 3.10. The summed E-state index contributed by atoms with van der Waals surface area (Å²) in [5.41, 5.74) is 2.68. The number of nitrogens with zero attached hydrogens (tertiary/aromatic N) is 1. The van der Waals surface area contributed by atoms with E-state index in [4.69, 9.17) is 0 Å². The number of pyridine rings is 1. The highest BCUT2D eigenvalue weighted by Gasteiger charge is 2.23. The molecule has 1 aromatic heterocycles. The van der Waals surface area contributed by atoms with Crippen LogP contribution in [0.25, 0.3) is 0 Å². The first kappa shape index (κ1) is 15.5. The second kappa shape index (κ2) is 7.77. The van der Waals surface area contributed by atoms with Crippen LogP contribution in [0.4, 0.5) is 0 Å². The van der Waals surface area contributed by atoms with E-state index in [1.165, 1.54) is 42.3 Å². The van der Waals surface area contributed by atoms with Gasteiger partial charge in [-0.05, 0) is 30.5 Å². The topological polar surface area (TPSA) is 21.8 Å². The van der Waals surface area contributed by atoms with Gasteiger partial charge in [-0.25, -0.2) is 0 Å². The van der Waals surface area contributed by atoms with Crippen molar-refractivity contribution in [1.29, 1.82) is 0 Å². The Morgan fingerprint density at radius 3 is 2.18 bits per heavy atom. The molecular formula is C18H25N3S+2. The maximum absolute atomic E-state index is 4.45. The van der Waals surface area contributed by atoms with Crippen molar-refractivity contribution in [3.05, 3.63) is 59.9 Å². The zero-order valence-corrected chi connectivity index (χ0v) is 14.0. The van der Waals surface area contributed by atoms with E-state index in [9.17, 15) is 0 Å². The first-order valence-corrected chi connectivity index (χ1v) is 9.26. The Balaban J connectivity index is 1.47. The molecule has 1 saturated heterocycles. The van der Waals surface area contributed by atoms with Gasteiger partial charge in [0.15, 0.2) is 0 Å². The number of hydrogen-bond donors (Lipinski definition) is 2. The van der Waals surface area contributed by atoms with Gasteiger partial charge < -0.3 is 9.80 Å². The van der Waals surface area contributed by atoms with E-state index in [0.29, 0.717) is 0 Å². The summed E-state index contributed by atoms with van der Waals surface area (Å²) < 4.78 is 0. The third kappa shape index (κ3) is 4.32. The largest absolute Gasteiger partial charge is 0.322 e. The first-order valence-electron chi connectivity index (χ1n) is 8.03. The average Bonchev–Trinajstić information content (AvgIpc) is 2.58. The summed E-state index contributed by atoms with van der Waals surface area (Å²) in [5, 5.41) is 0. The molecule has 1 fully saturated rings. The smallest absolute Gasteiger partial charge is 0.127 e. The monoisotopic (exact) mass is 315 g/mol. The molecule has 2 aromatic rings. The van der Waals surface area contributed by atoms with Crippen molar-refractivity contribution in [2.24, 2.45) is 0 Å².